The lowest BCUT2D eigenvalue weighted by Crippen LogP contribution is -2.64. The topological polar surface area (TPSA) is 69.5 Å². The van der Waals surface area contributed by atoms with Gasteiger partial charge in [-0.25, -0.2) is 9.37 Å². The molecule has 3 heterocycles. The van der Waals surface area contributed by atoms with Crippen LogP contribution in [0, 0.1) is 11.2 Å². The molecule has 1 saturated carbocycles. The number of hydrogen-bond acceptors (Lipinski definition) is 5. The van der Waals surface area contributed by atoms with Gasteiger partial charge in [-0.2, -0.15) is 18.3 Å². The largest absolute Gasteiger partial charge is 0.489 e. The number of aromatic nitrogens is 3. The lowest BCUT2D eigenvalue weighted by atomic mass is 9.60. The standard InChI is InChI=1S/C30H26F4N4O3/c1-40-27-10-7-20(15-35-27)25-12-26(30(32,33)34)38(36-25)21-13-29(14-21)17-37(18-29)28(39)23-11-22(8-9-24(23)31)41-16-19-5-3-2-4-6-19/h2-12,15,21H,13-14,16-18H2,1H3. The Balaban J connectivity index is 1.11. The normalized spacial score (nSPS) is 16.3. The molecule has 7 nitrogen and oxygen atoms in total. The Morgan fingerprint density at radius 2 is 1.80 bits per heavy atom. The molecule has 212 valence electrons. The molecule has 0 radical (unpaired) electrons. The third-order valence-electron chi connectivity index (χ3n) is 7.71. The second-order valence-electron chi connectivity index (χ2n) is 10.6. The number of alkyl halides is 3. The molecule has 0 unspecified atom stereocenters. The predicted molar refractivity (Wildman–Crippen MR) is 141 cm³/mol. The van der Waals surface area contributed by atoms with Crippen LogP contribution in [0.3, 0.4) is 0 Å². The maximum absolute atomic E-state index is 14.6. The van der Waals surface area contributed by atoms with Gasteiger partial charge in [0.1, 0.15) is 23.9 Å². The maximum Gasteiger partial charge on any atom is 0.433 e. The molecule has 1 saturated heterocycles. The Hall–Kier alpha value is -4.41. The molecule has 2 aromatic carbocycles. The van der Waals surface area contributed by atoms with Gasteiger partial charge in [-0.15, -0.1) is 0 Å². The molecule has 4 aromatic rings. The minimum absolute atomic E-state index is 0.0922. The molecular weight excluding hydrogens is 540 g/mol. The lowest BCUT2D eigenvalue weighted by Gasteiger charge is -2.59. The first kappa shape index (κ1) is 26.8. The first-order valence-electron chi connectivity index (χ1n) is 13.1. The third-order valence-corrected chi connectivity index (χ3v) is 7.71. The van der Waals surface area contributed by atoms with Gasteiger partial charge < -0.3 is 14.4 Å². The predicted octanol–water partition coefficient (Wildman–Crippen LogP) is 6.17. The molecule has 2 fully saturated rings. The van der Waals surface area contributed by atoms with Crippen LogP contribution in [0.1, 0.15) is 40.5 Å². The Morgan fingerprint density at radius 1 is 1.05 bits per heavy atom. The van der Waals surface area contributed by atoms with Gasteiger partial charge in [-0.05, 0) is 48.7 Å². The summed E-state index contributed by atoms with van der Waals surface area (Å²) in [6.07, 6.45) is -2.29. The van der Waals surface area contributed by atoms with Crippen LogP contribution < -0.4 is 9.47 Å². The van der Waals surface area contributed by atoms with Crippen molar-refractivity contribution in [1.29, 1.82) is 0 Å². The van der Waals surface area contributed by atoms with Crippen molar-refractivity contribution in [1.82, 2.24) is 19.7 Å². The molecule has 2 aromatic heterocycles. The molecule has 41 heavy (non-hydrogen) atoms. The minimum Gasteiger partial charge on any atom is -0.489 e. The number of carbonyl (C=O) groups excluding carboxylic acids is 1. The summed E-state index contributed by atoms with van der Waals surface area (Å²) in [4.78, 5) is 18.7. The molecule has 11 heteroatoms. The van der Waals surface area contributed by atoms with E-state index in [2.05, 4.69) is 10.1 Å². The number of amides is 1. The first-order chi connectivity index (χ1) is 19.6. The molecule has 0 atom stereocenters. The van der Waals surface area contributed by atoms with Crippen molar-refractivity contribution in [3.05, 3.63) is 95.6 Å². The second kappa shape index (κ2) is 10.2. The fraction of sp³-hybridized carbons (Fsp3) is 0.300. The summed E-state index contributed by atoms with van der Waals surface area (Å²) in [7, 11) is 1.45. The van der Waals surface area contributed by atoms with E-state index >= 15 is 0 Å². The van der Waals surface area contributed by atoms with Crippen molar-refractivity contribution in [3.63, 3.8) is 0 Å². The molecule has 0 bridgehead atoms. The van der Waals surface area contributed by atoms with Gasteiger partial charge >= 0.3 is 6.18 Å². The molecule has 0 N–H and O–H groups in total. The summed E-state index contributed by atoms with van der Waals surface area (Å²) >= 11 is 0. The number of benzene rings is 2. The highest BCUT2D eigenvalue weighted by Crippen LogP contribution is 2.55. The third kappa shape index (κ3) is 5.23. The number of pyridine rings is 1. The van der Waals surface area contributed by atoms with Crippen LogP contribution in [0.2, 0.25) is 0 Å². The minimum atomic E-state index is -4.58. The van der Waals surface area contributed by atoms with E-state index in [-0.39, 0.29) is 23.3 Å². The summed E-state index contributed by atoms with van der Waals surface area (Å²) in [5.74, 6) is -0.396. The summed E-state index contributed by atoms with van der Waals surface area (Å²) in [6.45, 7) is 0.960. The number of ether oxygens (including phenoxy) is 2. The van der Waals surface area contributed by atoms with E-state index < -0.39 is 29.6 Å². The van der Waals surface area contributed by atoms with Crippen molar-refractivity contribution in [3.8, 4) is 22.9 Å². The summed E-state index contributed by atoms with van der Waals surface area (Å²) < 4.78 is 68.0. The van der Waals surface area contributed by atoms with Crippen molar-refractivity contribution in [2.75, 3.05) is 20.2 Å². The lowest BCUT2D eigenvalue weighted by molar-refractivity contribution is -0.149. The van der Waals surface area contributed by atoms with Crippen molar-refractivity contribution in [2.45, 2.75) is 31.7 Å². The van der Waals surface area contributed by atoms with Crippen molar-refractivity contribution in [2.24, 2.45) is 5.41 Å². The van der Waals surface area contributed by atoms with E-state index in [9.17, 15) is 22.4 Å². The maximum atomic E-state index is 14.6. The molecule has 1 amide bonds. The van der Waals surface area contributed by atoms with Gasteiger partial charge in [0.05, 0.1) is 24.4 Å². The van der Waals surface area contributed by atoms with Crippen LogP contribution in [-0.4, -0.2) is 45.8 Å². The van der Waals surface area contributed by atoms with Gasteiger partial charge in [0.2, 0.25) is 5.88 Å². The second-order valence-corrected chi connectivity index (χ2v) is 10.6. The average Bonchev–Trinajstić information content (AvgIpc) is 3.37. The molecular formula is C30H26F4N4O3. The number of halogens is 4. The number of rotatable bonds is 7. The number of carbonyl (C=O) groups is 1. The highest BCUT2D eigenvalue weighted by molar-refractivity contribution is 5.95. The van der Waals surface area contributed by atoms with E-state index in [1.165, 1.54) is 36.4 Å². The van der Waals surface area contributed by atoms with Crippen LogP contribution in [0.4, 0.5) is 17.6 Å². The SMILES string of the molecule is COc1ccc(-c2cc(C(F)(F)F)n(C3CC4(C3)CN(C(=O)c3cc(OCc5ccccc5)ccc3F)C4)n2)cn1. The highest BCUT2D eigenvalue weighted by Gasteiger charge is 2.56. The van der Waals surface area contributed by atoms with Crippen LogP contribution >= 0.6 is 0 Å². The Morgan fingerprint density at radius 3 is 2.46 bits per heavy atom. The smallest absolute Gasteiger partial charge is 0.433 e. The van der Waals surface area contributed by atoms with Crippen molar-refractivity contribution >= 4 is 5.91 Å². The van der Waals surface area contributed by atoms with Gasteiger partial charge in [-0.3, -0.25) is 9.48 Å². The van der Waals surface area contributed by atoms with Crippen LogP contribution in [0.25, 0.3) is 11.3 Å². The van der Waals surface area contributed by atoms with E-state index in [1.807, 2.05) is 30.3 Å². The Bertz CT molecular complexity index is 1560. The van der Waals surface area contributed by atoms with Crippen LogP contribution in [-0.2, 0) is 12.8 Å². The van der Waals surface area contributed by atoms with Gasteiger partial charge in [-0.1, -0.05) is 30.3 Å². The van der Waals surface area contributed by atoms with Gasteiger partial charge in [0, 0.05) is 36.3 Å². The van der Waals surface area contributed by atoms with Gasteiger partial charge in [0.15, 0.2) is 0 Å². The van der Waals surface area contributed by atoms with E-state index in [1.54, 1.807) is 12.1 Å². The molecule has 1 aliphatic carbocycles. The molecule has 1 aliphatic heterocycles. The zero-order valence-corrected chi connectivity index (χ0v) is 22.1. The van der Waals surface area contributed by atoms with E-state index in [0.717, 1.165) is 16.3 Å². The molecule has 2 aliphatic rings. The van der Waals surface area contributed by atoms with Crippen LogP contribution in [0.15, 0.2) is 72.9 Å². The van der Waals surface area contributed by atoms with E-state index in [4.69, 9.17) is 9.47 Å². The summed E-state index contributed by atoms with van der Waals surface area (Å²) in [6, 6.07) is 17.3. The fourth-order valence-corrected chi connectivity index (χ4v) is 5.63. The summed E-state index contributed by atoms with van der Waals surface area (Å²) in [5, 5.41) is 4.28. The monoisotopic (exact) mass is 566 g/mol. The average molecular weight is 567 g/mol. The first-order valence-corrected chi connectivity index (χ1v) is 13.1. The highest BCUT2D eigenvalue weighted by atomic mass is 19.4. The molecule has 6 rings (SSSR count). The molecule has 1 spiro atoms. The quantitative estimate of drug-likeness (QED) is 0.251. The Labute approximate surface area is 233 Å². The number of methoxy groups -OCH3 is 1. The zero-order chi connectivity index (χ0) is 28.8. The Kier molecular flexibility index (Phi) is 6.67. The van der Waals surface area contributed by atoms with Gasteiger partial charge in [0.25, 0.3) is 5.91 Å². The number of hydrogen-bond donors (Lipinski definition) is 0. The zero-order valence-electron chi connectivity index (χ0n) is 22.1. The fourth-order valence-electron chi connectivity index (χ4n) is 5.63. The number of likely N-dealkylation sites (tertiary alicyclic amines) is 1. The van der Waals surface area contributed by atoms with Crippen LogP contribution in [0.5, 0.6) is 11.6 Å². The van der Waals surface area contributed by atoms with E-state index in [0.29, 0.717) is 43.1 Å². The summed E-state index contributed by atoms with van der Waals surface area (Å²) in [5.41, 5.74) is 0.322. The van der Waals surface area contributed by atoms with Crippen molar-refractivity contribution < 1.29 is 31.8 Å². The number of nitrogens with zero attached hydrogens (tertiary/aromatic N) is 4.